The Bertz CT molecular complexity index is 2460. The SMILES string of the molecule is CC1(C)C2=C(c3ccccc31)C(C)(C)c1cc(-c3ccc(/C=C/c4ccc(N(c5ccccc5)c5ccccc5)cc4)c4ccccc34)ccc12. The van der Waals surface area contributed by atoms with Crippen molar-refractivity contribution >= 4 is 51.1 Å². The summed E-state index contributed by atoms with van der Waals surface area (Å²) in [6, 6.07) is 59.6. The van der Waals surface area contributed by atoms with Crippen molar-refractivity contribution < 1.29 is 0 Å². The van der Waals surface area contributed by atoms with Crippen molar-refractivity contribution in [3.63, 3.8) is 0 Å². The number of allylic oxidation sites excluding steroid dienone is 2. The average Bonchev–Trinajstić information content (AvgIpc) is 3.56. The lowest BCUT2D eigenvalue weighted by Crippen LogP contribution is -2.19. The van der Waals surface area contributed by atoms with Crippen LogP contribution in [0.4, 0.5) is 17.1 Å². The van der Waals surface area contributed by atoms with Gasteiger partial charge >= 0.3 is 0 Å². The Morgan fingerprint density at radius 2 is 0.941 bits per heavy atom. The summed E-state index contributed by atoms with van der Waals surface area (Å²) in [7, 11) is 0. The fourth-order valence-corrected chi connectivity index (χ4v) is 8.77. The molecule has 0 atom stereocenters. The molecule has 0 aromatic heterocycles. The molecule has 0 saturated heterocycles. The molecule has 0 heterocycles. The zero-order valence-corrected chi connectivity index (χ0v) is 29.7. The third-order valence-electron chi connectivity index (χ3n) is 11.2. The third kappa shape index (κ3) is 4.99. The Hall–Kier alpha value is -5.92. The molecule has 7 aromatic rings. The molecule has 0 saturated carbocycles. The van der Waals surface area contributed by atoms with Gasteiger partial charge in [-0.2, -0.15) is 0 Å². The van der Waals surface area contributed by atoms with E-state index in [9.17, 15) is 0 Å². The monoisotopic (exact) mass is 655 g/mol. The molecule has 246 valence electrons. The quantitative estimate of drug-likeness (QED) is 0.161. The molecule has 7 aromatic carbocycles. The minimum atomic E-state index is -0.0716. The average molecular weight is 656 g/mol. The van der Waals surface area contributed by atoms with Gasteiger partial charge in [0.15, 0.2) is 0 Å². The number of para-hydroxylation sites is 2. The standard InChI is InChI=1S/C50H41N/c1-49(2)45-22-14-13-21-43(45)47-48(49)44-32-28-36(33-46(44)50(47,3)4)41-31-27-35(40-19-11-12-20-42(40)41)26-23-34-24-29-39(30-25-34)51(37-15-7-5-8-16-37)38-17-9-6-10-18-38/h5-33H,1-4H3/b26-23+. The zero-order chi connectivity index (χ0) is 34.7. The van der Waals surface area contributed by atoms with Gasteiger partial charge in [0, 0.05) is 27.9 Å². The molecule has 0 amide bonds. The van der Waals surface area contributed by atoms with E-state index in [1.807, 2.05) is 0 Å². The summed E-state index contributed by atoms with van der Waals surface area (Å²) in [6.07, 6.45) is 4.48. The largest absolute Gasteiger partial charge is 0.311 e. The van der Waals surface area contributed by atoms with E-state index in [4.69, 9.17) is 0 Å². The van der Waals surface area contributed by atoms with Crippen molar-refractivity contribution in [2.24, 2.45) is 0 Å². The number of rotatable bonds is 6. The van der Waals surface area contributed by atoms with Crippen molar-refractivity contribution in [1.82, 2.24) is 0 Å². The van der Waals surface area contributed by atoms with Crippen LogP contribution in [0.25, 0.3) is 45.2 Å². The summed E-state index contributed by atoms with van der Waals surface area (Å²) in [5, 5.41) is 2.54. The molecular weight excluding hydrogens is 615 g/mol. The van der Waals surface area contributed by atoms with Crippen LogP contribution >= 0.6 is 0 Å². The van der Waals surface area contributed by atoms with Crippen molar-refractivity contribution in [1.29, 1.82) is 0 Å². The van der Waals surface area contributed by atoms with E-state index < -0.39 is 0 Å². The number of benzene rings is 7. The van der Waals surface area contributed by atoms with Crippen molar-refractivity contribution in [3.8, 4) is 11.1 Å². The van der Waals surface area contributed by atoms with Crippen LogP contribution in [0.15, 0.2) is 164 Å². The van der Waals surface area contributed by atoms with Crippen LogP contribution in [0.1, 0.15) is 61.1 Å². The van der Waals surface area contributed by atoms with Crippen molar-refractivity contribution in [2.75, 3.05) is 4.90 Å². The van der Waals surface area contributed by atoms with E-state index in [2.05, 4.69) is 209 Å². The molecule has 2 aliphatic rings. The molecule has 1 nitrogen and oxygen atoms in total. The maximum absolute atomic E-state index is 2.47. The van der Waals surface area contributed by atoms with E-state index in [0.717, 1.165) is 17.1 Å². The molecular formula is C50H41N. The zero-order valence-electron chi connectivity index (χ0n) is 29.7. The first-order valence-electron chi connectivity index (χ1n) is 18.0. The fourth-order valence-electron chi connectivity index (χ4n) is 8.77. The van der Waals surface area contributed by atoms with E-state index >= 15 is 0 Å². The summed E-state index contributed by atoms with van der Waals surface area (Å²) < 4.78 is 0. The number of hydrogen-bond acceptors (Lipinski definition) is 1. The molecule has 0 unspecified atom stereocenters. The molecule has 9 rings (SSSR count). The highest BCUT2D eigenvalue weighted by Crippen LogP contribution is 2.62. The number of nitrogens with zero attached hydrogens (tertiary/aromatic N) is 1. The summed E-state index contributed by atoms with van der Waals surface area (Å²) >= 11 is 0. The summed E-state index contributed by atoms with van der Waals surface area (Å²) in [6.45, 7) is 9.61. The predicted octanol–water partition coefficient (Wildman–Crippen LogP) is 13.6. The molecule has 51 heavy (non-hydrogen) atoms. The van der Waals surface area contributed by atoms with Crippen molar-refractivity contribution in [2.45, 2.75) is 38.5 Å². The second kappa shape index (κ2) is 11.9. The Labute approximate surface area is 301 Å². The van der Waals surface area contributed by atoms with E-state index in [1.54, 1.807) is 0 Å². The fraction of sp³-hybridized carbons (Fsp3) is 0.120. The number of anilines is 3. The molecule has 0 N–H and O–H groups in total. The molecule has 1 heteroatoms. The first-order valence-corrected chi connectivity index (χ1v) is 18.0. The van der Waals surface area contributed by atoms with Crippen LogP contribution < -0.4 is 4.90 Å². The lowest BCUT2D eigenvalue weighted by Gasteiger charge is -2.28. The van der Waals surface area contributed by atoms with E-state index in [-0.39, 0.29) is 10.8 Å². The maximum Gasteiger partial charge on any atom is 0.0462 e. The second-order valence-corrected chi connectivity index (χ2v) is 15.0. The summed E-state index contributed by atoms with van der Waals surface area (Å²) in [5.74, 6) is 0. The third-order valence-corrected chi connectivity index (χ3v) is 11.2. The van der Waals surface area contributed by atoms with Gasteiger partial charge in [-0.3, -0.25) is 0 Å². The van der Waals surface area contributed by atoms with Gasteiger partial charge in [-0.1, -0.05) is 161 Å². The van der Waals surface area contributed by atoms with Crippen LogP contribution in [0, 0.1) is 0 Å². The summed E-state index contributed by atoms with van der Waals surface area (Å²) in [5.41, 5.74) is 17.0. The molecule has 0 spiro atoms. The lowest BCUT2D eigenvalue weighted by molar-refractivity contribution is 0.694. The van der Waals surface area contributed by atoms with Gasteiger partial charge in [0.05, 0.1) is 0 Å². The Kier molecular flexibility index (Phi) is 7.22. The van der Waals surface area contributed by atoms with Crippen LogP contribution in [0.5, 0.6) is 0 Å². The van der Waals surface area contributed by atoms with Crippen LogP contribution in [0.3, 0.4) is 0 Å². The second-order valence-electron chi connectivity index (χ2n) is 15.0. The van der Waals surface area contributed by atoms with E-state index in [0.29, 0.717) is 0 Å². The number of fused-ring (bicyclic) bond motifs is 5. The minimum Gasteiger partial charge on any atom is -0.311 e. The van der Waals surface area contributed by atoms with Gasteiger partial charge in [-0.05, 0) is 109 Å². The predicted molar refractivity (Wildman–Crippen MR) is 219 cm³/mol. The Morgan fingerprint density at radius 3 is 1.63 bits per heavy atom. The molecule has 0 aliphatic heterocycles. The molecule has 0 fully saturated rings. The van der Waals surface area contributed by atoms with Gasteiger partial charge in [-0.15, -0.1) is 0 Å². The normalized spacial score (nSPS) is 15.2. The smallest absolute Gasteiger partial charge is 0.0462 e. The van der Waals surface area contributed by atoms with Crippen molar-refractivity contribution in [3.05, 3.63) is 197 Å². The van der Waals surface area contributed by atoms with Gasteiger partial charge in [0.2, 0.25) is 0 Å². The maximum atomic E-state index is 2.47. The van der Waals surface area contributed by atoms with Gasteiger partial charge in [-0.25, -0.2) is 0 Å². The molecule has 0 radical (unpaired) electrons. The minimum absolute atomic E-state index is 0.0138. The van der Waals surface area contributed by atoms with E-state index in [1.165, 1.54) is 66.4 Å². The highest BCUT2D eigenvalue weighted by molar-refractivity contribution is 6.10. The number of hydrogen-bond donors (Lipinski definition) is 0. The van der Waals surface area contributed by atoms with Crippen LogP contribution in [-0.2, 0) is 10.8 Å². The Morgan fingerprint density at radius 1 is 0.412 bits per heavy atom. The van der Waals surface area contributed by atoms with Gasteiger partial charge in [0.25, 0.3) is 0 Å². The highest BCUT2D eigenvalue weighted by Gasteiger charge is 2.49. The molecule has 0 bridgehead atoms. The van der Waals surface area contributed by atoms with Gasteiger partial charge < -0.3 is 4.90 Å². The Balaban J connectivity index is 1.04. The van der Waals surface area contributed by atoms with Gasteiger partial charge in [0.1, 0.15) is 0 Å². The molecule has 2 aliphatic carbocycles. The first-order chi connectivity index (χ1) is 24.8. The van der Waals surface area contributed by atoms with Crippen LogP contribution in [-0.4, -0.2) is 0 Å². The topological polar surface area (TPSA) is 3.24 Å². The highest BCUT2D eigenvalue weighted by atomic mass is 15.1. The first kappa shape index (κ1) is 31.1. The lowest BCUT2D eigenvalue weighted by atomic mass is 9.75. The van der Waals surface area contributed by atoms with Crippen LogP contribution in [0.2, 0.25) is 0 Å². The summed E-state index contributed by atoms with van der Waals surface area (Å²) in [4.78, 5) is 2.29.